The van der Waals surface area contributed by atoms with Crippen LogP contribution in [0.1, 0.15) is 19.3 Å². The van der Waals surface area contributed by atoms with Crippen LogP contribution in [0.25, 0.3) is 0 Å². The number of carbonyl (C=O) groups is 2. The molecule has 2 atom stereocenters. The molecule has 5 nitrogen and oxygen atoms in total. The summed E-state index contributed by atoms with van der Waals surface area (Å²) >= 11 is 11.9. The fourth-order valence-electron chi connectivity index (χ4n) is 3.11. The van der Waals surface area contributed by atoms with Gasteiger partial charge in [-0.05, 0) is 44.0 Å². The number of benzene rings is 1. The van der Waals surface area contributed by atoms with Crippen molar-refractivity contribution >= 4 is 40.7 Å². The Morgan fingerprint density at radius 2 is 2.09 bits per heavy atom. The zero-order valence-corrected chi connectivity index (χ0v) is 14.2. The minimum atomic E-state index is -0.619. The molecule has 2 unspecified atom stereocenters. The summed E-state index contributed by atoms with van der Waals surface area (Å²) < 4.78 is 0. The maximum atomic E-state index is 12.6. The molecule has 0 bridgehead atoms. The van der Waals surface area contributed by atoms with Gasteiger partial charge in [0, 0.05) is 24.8 Å². The Morgan fingerprint density at radius 1 is 1.26 bits per heavy atom. The zero-order valence-electron chi connectivity index (χ0n) is 12.6. The molecule has 2 saturated heterocycles. The molecule has 2 N–H and O–H groups in total. The maximum absolute atomic E-state index is 12.6. The summed E-state index contributed by atoms with van der Waals surface area (Å²) in [7, 11) is 0. The highest BCUT2D eigenvalue weighted by atomic mass is 35.5. The van der Waals surface area contributed by atoms with Crippen molar-refractivity contribution in [1.29, 1.82) is 0 Å². The minimum Gasteiger partial charge on any atom is -0.351 e. The summed E-state index contributed by atoms with van der Waals surface area (Å²) in [5, 5.41) is 7.09. The van der Waals surface area contributed by atoms with Gasteiger partial charge in [0.2, 0.25) is 11.8 Å². The van der Waals surface area contributed by atoms with E-state index in [9.17, 15) is 9.59 Å². The fraction of sp³-hybridized carbons (Fsp3) is 0.500. The molecule has 7 heteroatoms. The number of anilines is 1. The van der Waals surface area contributed by atoms with Crippen molar-refractivity contribution in [3.8, 4) is 0 Å². The number of rotatable bonds is 3. The van der Waals surface area contributed by atoms with E-state index in [0.29, 0.717) is 28.7 Å². The van der Waals surface area contributed by atoms with Crippen molar-refractivity contribution in [2.45, 2.75) is 25.3 Å². The largest absolute Gasteiger partial charge is 0.351 e. The molecular weight excluding hydrogens is 337 g/mol. The van der Waals surface area contributed by atoms with Gasteiger partial charge >= 0.3 is 0 Å². The highest BCUT2D eigenvalue weighted by Gasteiger charge is 2.38. The Hall–Kier alpha value is -1.30. The lowest BCUT2D eigenvalue weighted by Crippen LogP contribution is -2.48. The standard InChI is InChI=1S/C16H19Cl2N3O2/c17-13-4-3-11(8-14(13)18)21-7-5-12(16(21)23)15(22)20-10-2-1-6-19-9-10/h3-4,8,10,12,19H,1-2,5-7,9H2,(H,20,22). The van der Waals surface area contributed by atoms with E-state index in [0.717, 1.165) is 25.9 Å². The topological polar surface area (TPSA) is 61.4 Å². The zero-order chi connectivity index (χ0) is 16.4. The lowest BCUT2D eigenvalue weighted by atomic mass is 10.0. The first-order valence-electron chi connectivity index (χ1n) is 7.84. The first kappa shape index (κ1) is 16.6. The molecule has 2 heterocycles. The molecule has 23 heavy (non-hydrogen) atoms. The Balaban J connectivity index is 1.65. The molecule has 0 spiro atoms. The number of nitrogens with one attached hydrogen (secondary N) is 2. The average Bonchev–Trinajstić information content (AvgIpc) is 2.93. The van der Waals surface area contributed by atoms with E-state index in [4.69, 9.17) is 23.2 Å². The SMILES string of the molecule is O=C(NC1CCCNC1)C1CCN(c2ccc(Cl)c(Cl)c2)C1=O. The number of amides is 2. The van der Waals surface area contributed by atoms with Crippen LogP contribution in [0.4, 0.5) is 5.69 Å². The summed E-state index contributed by atoms with van der Waals surface area (Å²) in [6.07, 6.45) is 2.51. The second-order valence-electron chi connectivity index (χ2n) is 5.98. The molecule has 0 aromatic heterocycles. The summed E-state index contributed by atoms with van der Waals surface area (Å²) in [5.74, 6) is -0.970. The Bertz CT molecular complexity index is 617. The number of halogens is 2. The lowest BCUT2D eigenvalue weighted by molar-refractivity contribution is -0.132. The van der Waals surface area contributed by atoms with Gasteiger partial charge in [-0.15, -0.1) is 0 Å². The summed E-state index contributed by atoms with van der Waals surface area (Å²) in [6, 6.07) is 5.18. The van der Waals surface area contributed by atoms with Crippen LogP contribution in [0.5, 0.6) is 0 Å². The third-order valence-corrected chi connectivity index (χ3v) is 5.12. The van der Waals surface area contributed by atoms with E-state index >= 15 is 0 Å². The van der Waals surface area contributed by atoms with Gasteiger partial charge in [0.1, 0.15) is 5.92 Å². The van der Waals surface area contributed by atoms with E-state index in [1.54, 1.807) is 23.1 Å². The van der Waals surface area contributed by atoms with Crippen molar-refractivity contribution in [3.63, 3.8) is 0 Å². The van der Waals surface area contributed by atoms with E-state index in [2.05, 4.69) is 10.6 Å². The molecule has 2 aliphatic rings. The number of carbonyl (C=O) groups excluding carboxylic acids is 2. The fourth-order valence-corrected chi connectivity index (χ4v) is 3.40. The van der Waals surface area contributed by atoms with Gasteiger partial charge in [-0.3, -0.25) is 9.59 Å². The first-order valence-corrected chi connectivity index (χ1v) is 8.59. The Kier molecular flexibility index (Phi) is 5.09. The van der Waals surface area contributed by atoms with E-state index in [1.807, 2.05) is 0 Å². The molecule has 0 radical (unpaired) electrons. The Labute approximate surface area is 145 Å². The maximum Gasteiger partial charge on any atom is 0.239 e. The number of piperidine rings is 1. The summed E-state index contributed by atoms with van der Waals surface area (Å²) in [4.78, 5) is 26.5. The predicted octanol–water partition coefficient (Wildman–Crippen LogP) is 2.21. The monoisotopic (exact) mass is 355 g/mol. The second-order valence-corrected chi connectivity index (χ2v) is 6.80. The highest BCUT2D eigenvalue weighted by molar-refractivity contribution is 6.42. The minimum absolute atomic E-state index is 0.114. The highest BCUT2D eigenvalue weighted by Crippen LogP contribution is 2.31. The average molecular weight is 356 g/mol. The van der Waals surface area contributed by atoms with Crippen LogP contribution >= 0.6 is 23.2 Å². The number of nitrogens with zero attached hydrogens (tertiary/aromatic N) is 1. The van der Waals surface area contributed by atoms with E-state index in [-0.39, 0.29) is 17.9 Å². The molecule has 1 aromatic rings. The van der Waals surface area contributed by atoms with Crippen LogP contribution < -0.4 is 15.5 Å². The van der Waals surface area contributed by atoms with Gasteiger partial charge in [0.25, 0.3) is 0 Å². The van der Waals surface area contributed by atoms with E-state index < -0.39 is 5.92 Å². The van der Waals surface area contributed by atoms with E-state index in [1.165, 1.54) is 0 Å². The summed E-state index contributed by atoms with van der Waals surface area (Å²) in [6.45, 7) is 2.26. The quantitative estimate of drug-likeness (QED) is 0.817. The van der Waals surface area contributed by atoms with Crippen LogP contribution in [0.3, 0.4) is 0 Å². The third-order valence-electron chi connectivity index (χ3n) is 4.38. The summed E-state index contributed by atoms with van der Waals surface area (Å²) in [5.41, 5.74) is 0.680. The number of hydrogen-bond acceptors (Lipinski definition) is 3. The molecule has 2 amide bonds. The molecule has 0 saturated carbocycles. The first-order chi connectivity index (χ1) is 11.1. The van der Waals surface area contributed by atoms with Gasteiger partial charge in [-0.2, -0.15) is 0 Å². The van der Waals surface area contributed by atoms with Crippen LogP contribution in [-0.2, 0) is 9.59 Å². The Morgan fingerprint density at radius 3 is 2.78 bits per heavy atom. The van der Waals surface area contributed by atoms with Crippen LogP contribution in [0.2, 0.25) is 10.0 Å². The van der Waals surface area contributed by atoms with Crippen LogP contribution in [0.15, 0.2) is 18.2 Å². The van der Waals surface area contributed by atoms with Crippen molar-refractivity contribution < 1.29 is 9.59 Å². The van der Waals surface area contributed by atoms with Crippen molar-refractivity contribution in [2.24, 2.45) is 5.92 Å². The van der Waals surface area contributed by atoms with Crippen molar-refractivity contribution in [3.05, 3.63) is 28.2 Å². The van der Waals surface area contributed by atoms with Gasteiger partial charge in [0.15, 0.2) is 0 Å². The van der Waals surface area contributed by atoms with Crippen molar-refractivity contribution in [1.82, 2.24) is 10.6 Å². The molecule has 0 aliphatic carbocycles. The molecule has 3 rings (SSSR count). The molecular formula is C16H19Cl2N3O2. The van der Waals surface area contributed by atoms with Gasteiger partial charge in [-0.25, -0.2) is 0 Å². The van der Waals surface area contributed by atoms with Crippen LogP contribution in [0, 0.1) is 5.92 Å². The molecule has 124 valence electrons. The van der Waals surface area contributed by atoms with Gasteiger partial charge in [0.05, 0.1) is 10.0 Å². The lowest BCUT2D eigenvalue weighted by Gasteiger charge is -2.25. The van der Waals surface area contributed by atoms with Crippen molar-refractivity contribution in [2.75, 3.05) is 24.5 Å². The third kappa shape index (κ3) is 3.62. The predicted molar refractivity (Wildman–Crippen MR) is 91.0 cm³/mol. The van der Waals surface area contributed by atoms with Gasteiger partial charge in [-0.1, -0.05) is 23.2 Å². The number of hydrogen-bond donors (Lipinski definition) is 2. The molecule has 2 aliphatic heterocycles. The molecule has 2 fully saturated rings. The second kappa shape index (κ2) is 7.07. The smallest absolute Gasteiger partial charge is 0.239 e. The molecule has 1 aromatic carbocycles. The van der Waals surface area contributed by atoms with Gasteiger partial charge < -0.3 is 15.5 Å². The normalized spacial score (nSPS) is 24.8. The van der Waals surface area contributed by atoms with Crippen LogP contribution in [-0.4, -0.2) is 37.5 Å².